The Morgan fingerprint density at radius 1 is 1.25 bits per heavy atom. The van der Waals surface area contributed by atoms with Crippen molar-refractivity contribution in [2.24, 2.45) is 0 Å². The predicted molar refractivity (Wildman–Crippen MR) is 81.9 cm³/mol. The van der Waals surface area contributed by atoms with E-state index in [0.717, 1.165) is 32.7 Å². The second kappa shape index (κ2) is 8.35. The molecule has 1 aliphatic rings. The molecule has 4 heteroatoms. The van der Waals surface area contributed by atoms with Gasteiger partial charge in [-0.3, -0.25) is 9.88 Å². The summed E-state index contributed by atoms with van der Waals surface area (Å²) in [7, 11) is 1.78. The van der Waals surface area contributed by atoms with E-state index >= 15 is 0 Å². The number of piperazine rings is 1. The summed E-state index contributed by atoms with van der Waals surface area (Å²) in [6.45, 7) is 8.87. The number of pyridine rings is 1. The van der Waals surface area contributed by atoms with Crippen molar-refractivity contribution in [2.45, 2.75) is 25.8 Å². The van der Waals surface area contributed by atoms with Gasteiger partial charge in [0.15, 0.2) is 0 Å². The summed E-state index contributed by atoms with van der Waals surface area (Å²) in [6, 6.07) is 4.91. The van der Waals surface area contributed by atoms with Gasteiger partial charge in [-0.05, 0) is 30.5 Å². The molecule has 4 nitrogen and oxygen atoms in total. The third kappa shape index (κ3) is 4.54. The molecule has 112 valence electrons. The van der Waals surface area contributed by atoms with Gasteiger partial charge in [-0.2, -0.15) is 0 Å². The van der Waals surface area contributed by atoms with Gasteiger partial charge in [-0.1, -0.05) is 6.92 Å². The van der Waals surface area contributed by atoms with Crippen molar-refractivity contribution in [3.8, 4) is 0 Å². The molecule has 2 rings (SSSR count). The number of aromatic nitrogens is 1. The maximum atomic E-state index is 5.21. The van der Waals surface area contributed by atoms with Crippen molar-refractivity contribution >= 4 is 0 Å². The Hall–Kier alpha value is -0.970. The molecule has 1 atom stereocenters. The molecule has 1 unspecified atom stereocenters. The lowest BCUT2D eigenvalue weighted by Crippen LogP contribution is -2.53. The molecule has 0 spiro atoms. The van der Waals surface area contributed by atoms with E-state index in [0.29, 0.717) is 6.04 Å². The van der Waals surface area contributed by atoms with Gasteiger partial charge in [0.25, 0.3) is 0 Å². The topological polar surface area (TPSA) is 28.6 Å². The lowest BCUT2D eigenvalue weighted by atomic mass is 10.1. The Bertz CT molecular complexity index is 371. The number of methoxy groups -OCH3 is 1. The lowest BCUT2D eigenvalue weighted by molar-refractivity contribution is 0.0503. The van der Waals surface area contributed by atoms with Crippen LogP contribution in [0.15, 0.2) is 24.5 Å². The summed E-state index contributed by atoms with van der Waals surface area (Å²) >= 11 is 0. The van der Waals surface area contributed by atoms with Gasteiger partial charge in [0.2, 0.25) is 0 Å². The van der Waals surface area contributed by atoms with Crippen molar-refractivity contribution in [2.75, 3.05) is 46.4 Å². The van der Waals surface area contributed by atoms with Gasteiger partial charge in [0.05, 0.1) is 6.61 Å². The minimum absolute atomic E-state index is 0.677. The first kappa shape index (κ1) is 15.4. The number of nitrogens with zero attached hydrogens (tertiary/aromatic N) is 3. The predicted octanol–water partition coefficient (Wildman–Crippen LogP) is 1.67. The molecule has 0 aliphatic carbocycles. The summed E-state index contributed by atoms with van der Waals surface area (Å²) in [4.78, 5) is 9.24. The van der Waals surface area contributed by atoms with Crippen LogP contribution in [-0.4, -0.2) is 67.3 Å². The first-order valence-corrected chi connectivity index (χ1v) is 7.67. The molecule has 0 radical (unpaired) electrons. The highest BCUT2D eigenvalue weighted by Crippen LogP contribution is 2.13. The van der Waals surface area contributed by atoms with E-state index in [1.165, 1.54) is 25.1 Å². The van der Waals surface area contributed by atoms with Crippen LogP contribution < -0.4 is 0 Å². The van der Waals surface area contributed by atoms with Crippen molar-refractivity contribution < 1.29 is 4.74 Å². The van der Waals surface area contributed by atoms with E-state index in [2.05, 4.69) is 33.8 Å². The van der Waals surface area contributed by atoms with Crippen molar-refractivity contribution in [1.29, 1.82) is 0 Å². The van der Waals surface area contributed by atoms with Crippen LogP contribution in [0.4, 0.5) is 0 Å². The molecule has 0 N–H and O–H groups in total. The van der Waals surface area contributed by atoms with Crippen molar-refractivity contribution in [3.05, 3.63) is 30.1 Å². The summed E-state index contributed by atoms with van der Waals surface area (Å²) in [5.41, 5.74) is 1.38. The zero-order chi connectivity index (χ0) is 14.2. The SMILES string of the molecule is CCC1CN(CCc2ccncc2)CCN1CCOC. The fourth-order valence-electron chi connectivity index (χ4n) is 2.89. The van der Waals surface area contributed by atoms with Gasteiger partial charge < -0.3 is 9.64 Å². The zero-order valence-corrected chi connectivity index (χ0v) is 12.8. The Morgan fingerprint density at radius 2 is 2.05 bits per heavy atom. The van der Waals surface area contributed by atoms with Gasteiger partial charge in [-0.25, -0.2) is 0 Å². The Morgan fingerprint density at radius 3 is 2.75 bits per heavy atom. The monoisotopic (exact) mass is 277 g/mol. The second-order valence-electron chi connectivity index (χ2n) is 5.50. The van der Waals surface area contributed by atoms with E-state index in [-0.39, 0.29) is 0 Å². The molecule has 2 heterocycles. The number of hydrogen-bond acceptors (Lipinski definition) is 4. The molecule has 1 fully saturated rings. The fourth-order valence-corrected chi connectivity index (χ4v) is 2.89. The first-order valence-electron chi connectivity index (χ1n) is 7.67. The third-order valence-electron chi connectivity index (χ3n) is 4.21. The van der Waals surface area contributed by atoms with Crippen LogP contribution in [0.25, 0.3) is 0 Å². The molecule has 1 aromatic heterocycles. The molecule has 1 saturated heterocycles. The van der Waals surface area contributed by atoms with Gasteiger partial charge in [-0.15, -0.1) is 0 Å². The van der Waals surface area contributed by atoms with Crippen molar-refractivity contribution in [3.63, 3.8) is 0 Å². The van der Waals surface area contributed by atoms with Gasteiger partial charge in [0, 0.05) is 58.3 Å². The number of rotatable bonds is 7. The van der Waals surface area contributed by atoms with E-state index < -0.39 is 0 Å². The van der Waals surface area contributed by atoms with Crippen LogP contribution in [-0.2, 0) is 11.2 Å². The zero-order valence-electron chi connectivity index (χ0n) is 12.8. The first-order chi connectivity index (χ1) is 9.83. The quantitative estimate of drug-likeness (QED) is 0.758. The number of ether oxygens (including phenoxy) is 1. The van der Waals surface area contributed by atoms with Crippen LogP contribution >= 0.6 is 0 Å². The second-order valence-corrected chi connectivity index (χ2v) is 5.50. The van der Waals surface area contributed by atoms with Gasteiger partial charge >= 0.3 is 0 Å². The summed E-state index contributed by atoms with van der Waals surface area (Å²) in [5, 5.41) is 0. The Kier molecular flexibility index (Phi) is 6.43. The molecule has 0 aromatic carbocycles. The van der Waals surface area contributed by atoms with Gasteiger partial charge in [0.1, 0.15) is 0 Å². The average Bonchev–Trinajstić information content (AvgIpc) is 2.52. The molecule has 20 heavy (non-hydrogen) atoms. The highest BCUT2D eigenvalue weighted by atomic mass is 16.5. The molecule has 1 aliphatic heterocycles. The Balaban J connectivity index is 1.78. The maximum absolute atomic E-state index is 5.21. The third-order valence-corrected chi connectivity index (χ3v) is 4.21. The van der Waals surface area contributed by atoms with Crippen LogP contribution in [0, 0.1) is 0 Å². The fraction of sp³-hybridized carbons (Fsp3) is 0.688. The molecule has 0 amide bonds. The highest BCUT2D eigenvalue weighted by molar-refractivity contribution is 5.10. The standard InChI is InChI=1S/C16H27N3O/c1-3-16-14-18(10-11-19(16)12-13-20-2)9-6-15-4-7-17-8-5-15/h4-5,7-8,16H,3,6,9-14H2,1-2H3. The van der Waals surface area contributed by atoms with Crippen LogP contribution in [0.3, 0.4) is 0 Å². The van der Waals surface area contributed by atoms with Crippen LogP contribution in [0.5, 0.6) is 0 Å². The minimum Gasteiger partial charge on any atom is -0.383 e. The summed E-state index contributed by atoms with van der Waals surface area (Å²) in [5.74, 6) is 0. The Labute approximate surface area is 122 Å². The lowest BCUT2D eigenvalue weighted by Gasteiger charge is -2.41. The number of hydrogen-bond donors (Lipinski definition) is 0. The summed E-state index contributed by atoms with van der Waals surface area (Å²) < 4.78 is 5.21. The molecular formula is C16H27N3O. The van der Waals surface area contributed by atoms with Crippen LogP contribution in [0.2, 0.25) is 0 Å². The normalized spacial score (nSPS) is 21.2. The smallest absolute Gasteiger partial charge is 0.0589 e. The van der Waals surface area contributed by atoms with E-state index in [1.807, 2.05) is 12.4 Å². The average molecular weight is 277 g/mol. The molecular weight excluding hydrogens is 250 g/mol. The minimum atomic E-state index is 0.677. The van der Waals surface area contributed by atoms with Crippen molar-refractivity contribution in [1.82, 2.24) is 14.8 Å². The molecule has 0 saturated carbocycles. The molecule has 1 aromatic rings. The van der Waals surface area contributed by atoms with E-state index in [1.54, 1.807) is 7.11 Å². The van der Waals surface area contributed by atoms with E-state index in [4.69, 9.17) is 4.74 Å². The van der Waals surface area contributed by atoms with E-state index in [9.17, 15) is 0 Å². The largest absolute Gasteiger partial charge is 0.383 e. The highest BCUT2D eigenvalue weighted by Gasteiger charge is 2.24. The maximum Gasteiger partial charge on any atom is 0.0589 e. The molecule has 0 bridgehead atoms. The summed E-state index contributed by atoms with van der Waals surface area (Å²) in [6.07, 6.45) is 6.10. The van der Waals surface area contributed by atoms with Crippen LogP contribution in [0.1, 0.15) is 18.9 Å².